The summed E-state index contributed by atoms with van der Waals surface area (Å²) in [4.78, 5) is 0.580. The van der Waals surface area contributed by atoms with E-state index in [-0.39, 0.29) is 0 Å². The third-order valence-corrected chi connectivity index (χ3v) is 3.91. The van der Waals surface area contributed by atoms with Crippen LogP contribution in [0.3, 0.4) is 0 Å². The summed E-state index contributed by atoms with van der Waals surface area (Å²) < 4.78 is 39.5. The first-order valence-corrected chi connectivity index (χ1v) is 7.38. The summed E-state index contributed by atoms with van der Waals surface area (Å²) in [5, 5.41) is 7.72. The summed E-state index contributed by atoms with van der Waals surface area (Å²) in [6.07, 6.45) is -3.60. The van der Waals surface area contributed by atoms with Crippen LogP contribution in [0.2, 0.25) is 0 Å². The van der Waals surface area contributed by atoms with Crippen LogP contribution in [0.1, 0.15) is 18.2 Å². The second-order valence-corrected chi connectivity index (χ2v) is 5.54. The fraction of sp³-hybridized carbons (Fsp3) is 0.385. The highest BCUT2D eigenvalue weighted by Crippen LogP contribution is 2.31. The number of benzene rings is 1. The Morgan fingerprint density at radius 3 is 2.76 bits per heavy atom. The standard InChI is InChI=1S/C13H15F3N4S/c1-2-11-12(17)18-19-20(11)6-7-21-10-5-3-4-9(8-10)13(14,15)16/h3-5,8H,2,6-7,17H2,1H3. The maximum Gasteiger partial charge on any atom is 0.416 e. The Balaban J connectivity index is 1.97. The topological polar surface area (TPSA) is 56.7 Å². The Bertz CT molecular complexity index is 610. The van der Waals surface area contributed by atoms with Crippen molar-refractivity contribution in [2.24, 2.45) is 0 Å². The largest absolute Gasteiger partial charge is 0.416 e. The zero-order chi connectivity index (χ0) is 15.5. The second-order valence-electron chi connectivity index (χ2n) is 4.37. The molecule has 0 bridgehead atoms. The van der Waals surface area contributed by atoms with Crippen LogP contribution in [-0.4, -0.2) is 20.7 Å². The van der Waals surface area contributed by atoms with Crippen molar-refractivity contribution >= 4 is 17.6 Å². The molecule has 0 aliphatic heterocycles. The van der Waals surface area contributed by atoms with Gasteiger partial charge < -0.3 is 5.73 Å². The number of hydrogen-bond donors (Lipinski definition) is 1. The predicted molar refractivity (Wildman–Crippen MR) is 76.0 cm³/mol. The summed E-state index contributed by atoms with van der Waals surface area (Å²) in [5.74, 6) is 0.999. The Hall–Kier alpha value is -1.70. The molecule has 0 spiro atoms. The molecule has 8 heteroatoms. The van der Waals surface area contributed by atoms with Crippen molar-refractivity contribution in [3.05, 3.63) is 35.5 Å². The number of alkyl halides is 3. The molecule has 0 radical (unpaired) electrons. The van der Waals surface area contributed by atoms with E-state index in [1.54, 1.807) is 10.7 Å². The monoisotopic (exact) mass is 316 g/mol. The first-order valence-electron chi connectivity index (χ1n) is 6.39. The molecule has 2 N–H and O–H groups in total. The average Bonchev–Trinajstić information content (AvgIpc) is 2.78. The van der Waals surface area contributed by atoms with Crippen molar-refractivity contribution in [3.63, 3.8) is 0 Å². The lowest BCUT2D eigenvalue weighted by molar-refractivity contribution is -0.137. The maximum atomic E-state index is 12.6. The Morgan fingerprint density at radius 1 is 1.33 bits per heavy atom. The number of aromatic nitrogens is 3. The molecular formula is C13H15F3N4S. The van der Waals surface area contributed by atoms with Gasteiger partial charge in [0.2, 0.25) is 0 Å². The van der Waals surface area contributed by atoms with Crippen molar-refractivity contribution in [2.45, 2.75) is 31.0 Å². The summed E-state index contributed by atoms with van der Waals surface area (Å²) in [6, 6.07) is 5.30. The van der Waals surface area contributed by atoms with Gasteiger partial charge in [-0.3, -0.25) is 0 Å². The van der Waals surface area contributed by atoms with Crippen molar-refractivity contribution in [1.82, 2.24) is 15.0 Å². The third-order valence-electron chi connectivity index (χ3n) is 2.94. The van der Waals surface area contributed by atoms with E-state index in [2.05, 4.69) is 10.3 Å². The number of nitrogens with two attached hydrogens (primary N) is 1. The molecular weight excluding hydrogens is 301 g/mol. The van der Waals surface area contributed by atoms with Crippen LogP contribution in [0.15, 0.2) is 29.2 Å². The molecule has 1 aromatic carbocycles. The van der Waals surface area contributed by atoms with E-state index >= 15 is 0 Å². The molecule has 0 aliphatic rings. The first kappa shape index (κ1) is 15.7. The molecule has 0 atom stereocenters. The van der Waals surface area contributed by atoms with Gasteiger partial charge in [-0.15, -0.1) is 16.9 Å². The van der Waals surface area contributed by atoms with E-state index in [1.807, 2.05) is 6.92 Å². The van der Waals surface area contributed by atoms with Crippen molar-refractivity contribution < 1.29 is 13.2 Å². The number of thioether (sulfide) groups is 1. The lowest BCUT2D eigenvalue weighted by Crippen LogP contribution is -2.07. The van der Waals surface area contributed by atoms with Gasteiger partial charge in [-0.1, -0.05) is 18.2 Å². The minimum absolute atomic E-state index is 0.404. The van der Waals surface area contributed by atoms with Gasteiger partial charge in [0.15, 0.2) is 5.82 Å². The number of hydrogen-bond acceptors (Lipinski definition) is 4. The van der Waals surface area contributed by atoms with E-state index in [0.29, 0.717) is 29.4 Å². The van der Waals surface area contributed by atoms with Crippen LogP contribution >= 0.6 is 11.8 Å². The molecule has 0 fully saturated rings. The fourth-order valence-electron chi connectivity index (χ4n) is 1.90. The number of anilines is 1. The van der Waals surface area contributed by atoms with Gasteiger partial charge >= 0.3 is 6.18 Å². The molecule has 1 aromatic heterocycles. The molecule has 21 heavy (non-hydrogen) atoms. The molecule has 0 saturated carbocycles. The van der Waals surface area contributed by atoms with Crippen LogP contribution < -0.4 is 5.73 Å². The lowest BCUT2D eigenvalue weighted by Gasteiger charge is -2.09. The highest BCUT2D eigenvalue weighted by Gasteiger charge is 2.30. The zero-order valence-electron chi connectivity index (χ0n) is 11.4. The number of halogens is 3. The zero-order valence-corrected chi connectivity index (χ0v) is 12.2. The van der Waals surface area contributed by atoms with Gasteiger partial charge in [0.1, 0.15) is 0 Å². The molecule has 2 rings (SSSR count). The van der Waals surface area contributed by atoms with Gasteiger partial charge in [0.25, 0.3) is 0 Å². The smallest absolute Gasteiger partial charge is 0.381 e. The molecule has 114 valence electrons. The quantitative estimate of drug-likeness (QED) is 0.861. The highest BCUT2D eigenvalue weighted by molar-refractivity contribution is 7.99. The van der Waals surface area contributed by atoms with E-state index < -0.39 is 11.7 Å². The van der Waals surface area contributed by atoms with Crippen molar-refractivity contribution in [3.8, 4) is 0 Å². The summed E-state index contributed by atoms with van der Waals surface area (Å²) >= 11 is 1.34. The van der Waals surface area contributed by atoms with Crippen LogP contribution in [-0.2, 0) is 19.1 Å². The van der Waals surface area contributed by atoms with Crippen molar-refractivity contribution in [1.29, 1.82) is 0 Å². The van der Waals surface area contributed by atoms with Crippen LogP contribution in [0.4, 0.5) is 19.0 Å². The number of aryl methyl sites for hydroxylation is 1. The van der Waals surface area contributed by atoms with Gasteiger partial charge in [0, 0.05) is 10.6 Å². The second kappa shape index (κ2) is 6.38. The minimum atomic E-state index is -4.31. The molecule has 0 aliphatic carbocycles. The molecule has 1 heterocycles. The minimum Gasteiger partial charge on any atom is -0.381 e. The lowest BCUT2D eigenvalue weighted by atomic mass is 10.2. The Labute approximate surface area is 124 Å². The molecule has 0 amide bonds. The van der Waals surface area contributed by atoms with E-state index in [0.717, 1.165) is 17.8 Å². The Morgan fingerprint density at radius 2 is 2.10 bits per heavy atom. The maximum absolute atomic E-state index is 12.6. The average molecular weight is 316 g/mol. The van der Waals surface area contributed by atoms with Gasteiger partial charge in [-0.2, -0.15) is 13.2 Å². The predicted octanol–water partition coefficient (Wildman–Crippen LogP) is 3.23. The summed E-state index contributed by atoms with van der Waals surface area (Å²) in [5.41, 5.74) is 5.89. The fourth-order valence-corrected chi connectivity index (χ4v) is 2.79. The number of nitrogen functional groups attached to an aromatic ring is 1. The SMILES string of the molecule is CCc1c(N)nnn1CCSc1cccc(C(F)(F)F)c1. The van der Waals surface area contributed by atoms with Gasteiger partial charge in [0.05, 0.1) is 17.8 Å². The summed E-state index contributed by atoms with van der Waals surface area (Å²) in [6.45, 7) is 2.50. The van der Waals surface area contributed by atoms with E-state index in [4.69, 9.17) is 5.73 Å². The van der Waals surface area contributed by atoms with Crippen LogP contribution in [0.25, 0.3) is 0 Å². The normalized spacial score (nSPS) is 11.8. The first-order chi connectivity index (χ1) is 9.91. The molecule has 0 unspecified atom stereocenters. The Kier molecular flexibility index (Phi) is 4.76. The highest BCUT2D eigenvalue weighted by atomic mass is 32.2. The van der Waals surface area contributed by atoms with Gasteiger partial charge in [-0.25, -0.2) is 4.68 Å². The van der Waals surface area contributed by atoms with E-state index in [9.17, 15) is 13.2 Å². The van der Waals surface area contributed by atoms with Gasteiger partial charge in [-0.05, 0) is 24.6 Å². The molecule has 4 nitrogen and oxygen atoms in total. The summed E-state index contributed by atoms with van der Waals surface area (Å²) in [7, 11) is 0. The van der Waals surface area contributed by atoms with Crippen molar-refractivity contribution in [2.75, 3.05) is 11.5 Å². The third kappa shape index (κ3) is 3.90. The molecule has 2 aromatic rings. The number of rotatable bonds is 5. The van der Waals surface area contributed by atoms with E-state index in [1.165, 1.54) is 17.8 Å². The molecule has 0 saturated heterocycles. The van der Waals surface area contributed by atoms with Crippen LogP contribution in [0.5, 0.6) is 0 Å². The number of nitrogens with zero attached hydrogens (tertiary/aromatic N) is 3. The van der Waals surface area contributed by atoms with Crippen LogP contribution in [0, 0.1) is 0 Å².